The lowest BCUT2D eigenvalue weighted by Crippen LogP contribution is -2.00. The molecule has 1 saturated carbocycles. The zero-order chi connectivity index (χ0) is 13.4. The molecule has 1 aliphatic carbocycles. The number of hydrogen-bond donors (Lipinski definition) is 1. The molecule has 0 saturated heterocycles. The van der Waals surface area contributed by atoms with E-state index in [4.69, 9.17) is 0 Å². The standard InChI is InChI=1S/C14H13BrFN3/c1-8-6-10(4-5-11(8)16)17-13-7-12(15)18-14(19-13)9-2-3-9/h4-7,9H,2-3H2,1H3,(H,17,18,19). The predicted molar refractivity (Wildman–Crippen MR) is 76.1 cm³/mol. The van der Waals surface area contributed by atoms with Crippen molar-refractivity contribution in [1.82, 2.24) is 9.97 Å². The molecule has 0 unspecified atom stereocenters. The molecule has 1 aromatic heterocycles. The van der Waals surface area contributed by atoms with Crippen LogP contribution in [0.3, 0.4) is 0 Å². The van der Waals surface area contributed by atoms with Gasteiger partial charge in [0.05, 0.1) is 0 Å². The van der Waals surface area contributed by atoms with Gasteiger partial charge in [0.25, 0.3) is 0 Å². The highest BCUT2D eigenvalue weighted by Gasteiger charge is 2.27. The van der Waals surface area contributed by atoms with E-state index in [-0.39, 0.29) is 5.82 Å². The number of anilines is 2. The summed E-state index contributed by atoms with van der Waals surface area (Å²) in [6, 6.07) is 6.75. The molecule has 0 bridgehead atoms. The van der Waals surface area contributed by atoms with Crippen molar-refractivity contribution >= 4 is 27.4 Å². The summed E-state index contributed by atoms with van der Waals surface area (Å²) in [6.45, 7) is 1.74. The molecule has 1 aromatic carbocycles. The van der Waals surface area contributed by atoms with Crippen molar-refractivity contribution in [3.63, 3.8) is 0 Å². The lowest BCUT2D eigenvalue weighted by molar-refractivity contribution is 0.619. The van der Waals surface area contributed by atoms with Crippen LogP contribution in [0.25, 0.3) is 0 Å². The first kappa shape index (κ1) is 12.5. The van der Waals surface area contributed by atoms with Gasteiger partial charge in [-0.1, -0.05) is 0 Å². The van der Waals surface area contributed by atoms with Crippen LogP contribution in [0.1, 0.15) is 30.1 Å². The van der Waals surface area contributed by atoms with E-state index < -0.39 is 0 Å². The normalized spacial score (nSPS) is 14.5. The highest BCUT2D eigenvalue weighted by molar-refractivity contribution is 9.10. The summed E-state index contributed by atoms with van der Waals surface area (Å²) >= 11 is 3.40. The minimum absolute atomic E-state index is 0.201. The summed E-state index contributed by atoms with van der Waals surface area (Å²) in [5.41, 5.74) is 1.44. The maximum Gasteiger partial charge on any atom is 0.135 e. The third-order valence-corrected chi connectivity index (χ3v) is 3.49. The van der Waals surface area contributed by atoms with E-state index >= 15 is 0 Å². The van der Waals surface area contributed by atoms with Crippen LogP contribution in [0.5, 0.6) is 0 Å². The average molecular weight is 322 g/mol. The molecule has 1 aliphatic rings. The fraction of sp³-hybridized carbons (Fsp3) is 0.286. The first-order valence-corrected chi connectivity index (χ1v) is 6.99. The van der Waals surface area contributed by atoms with Crippen molar-refractivity contribution in [2.45, 2.75) is 25.7 Å². The van der Waals surface area contributed by atoms with Crippen LogP contribution in [-0.2, 0) is 0 Å². The van der Waals surface area contributed by atoms with Gasteiger partial charge in [0, 0.05) is 17.7 Å². The monoisotopic (exact) mass is 321 g/mol. The third kappa shape index (κ3) is 2.92. The van der Waals surface area contributed by atoms with Gasteiger partial charge in [-0.25, -0.2) is 14.4 Å². The molecule has 0 spiro atoms. The Morgan fingerprint density at radius 2 is 2.05 bits per heavy atom. The van der Waals surface area contributed by atoms with Crippen LogP contribution in [0.2, 0.25) is 0 Å². The summed E-state index contributed by atoms with van der Waals surface area (Å²) < 4.78 is 14.0. The molecular weight excluding hydrogens is 309 g/mol. The average Bonchev–Trinajstić information content (AvgIpc) is 3.17. The lowest BCUT2D eigenvalue weighted by Gasteiger charge is -2.08. The second-order valence-corrected chi connectivity index (χ2v) is 5.61. The minimum Gasteiger partial charge on any atom is -0.340 e. The fourth-order valence-corrected chi connectivity index (χ4v) is 2.29. The third-order valence-electron chi connectivity index (χ3n) is 3.09. The second kappa shape index (κ2) is 4.89. The van der Waals surface area contributed by atoms with E-state index in [1.54, 1.807) is 19.1 Å². The van der Waals surface area contributed by atoms with E-state index in [0.29, 0.717) is 11.5 Å². The summed E-state index contributed by atoms with van der Waals surface area (Å²) in [6.07, 6.45) is 2.32. The van der Waals surface area contributed by atoms with Gasteiger partial charge in [0.15, 0.2) is 0 Å². The van der Waals surface area contributed by atoms with Gasteiger partial charge in [-0.3, -0.25) is 0 Å². The molecule has 1 fully saturated rings. The lowest BCUT2D eigenvalue weighted by atomic mass is 10.2. The molecular formula is C14H13BrFN3. The number of nitrogens with one attached hydrogen (secondary N) is 1. The van der Waals surface area contributed by atoms with Gasteiger partial charge in [0.1, 0.15) is 22.1 Å². The summed E-state index contributed by atoms with van der Waals surface area (Å²) in [4.78, 5) is 8.87. The van der Waals surface area contributed by atoms with Crippen LogP contribution in [0.15, 0.2) is 28.9 Å². The van der Waals surface area contributed by atoms with Gasteiger partial charge in [-0.15, -0.1) is 0 Å². The maximum absolute atomic E-state index is 13.2. The number of aromatic nitrogens is 2. The van der Waals surface area contributed by atoms with Crippen molar-refractivity contribution in [3.8, 4) is 0 Å². The molecule has 1 N–H and O–H groups in total. The topological polar surface area (TPSA) is 37.8 Å². The summed E-state index contributed by atoms with van der Waals surface area (Å²) in [5, 5.41) is 3.19. The zero-order valence-electron chi connectivity index (χ0n) is 10.5. The predicted octanol–water partition coefficient (Wildman–Crippen LogP) is 4.31. The van der Waals surface area contributed by atoms with E-state index in [2.05, 4.69) is 31.2 Å². The number of rotatable bonds is 3. The number of halogens is 2. The Kier molecular flexibility index (Phi) is 3.22. The molecule has 19 heavy (non-hydrogen) atoms. The molecule has 5 heteroatoms. The fourth-order valence-electron chi connectivity index (χ4n) is 1.89. The van der Waals surface area contributed by atoms with Crippen molar-refractivity contribution in [2.75, 3.05) is 5.32 Å². The van der Waals surface area contributed by atoms with E-state index in [9.17, 15) is 4.39 Å². The molecule has 1 heterocycles. The van der Waals surface area contributed by atoms with Crippen LogP contribution in [-0.4, -0.2) is 9.97 Å². The van der Waals surface area contributed by atoms with Crippen molar-refractivity contribution in [2.24, 2.45) is 0 Å². The smallest absolute Gasteiger partial charge is 0.135 e. The Bertz CT molecular complexity index is 626. The quantitative estimate of drug-likeness (QED) is 0.856. The first-order valence-electron chi connectivity index (χ1n) is 6.19. The molecule has 98 valence electrons. The Labute approximate surface area is 119 Å². The van der Waals surface area contributed by atoms with Gasteiger partial charge in [-0.2, -0.15) is 0 Å². The second-order valence-electron chi connectivity index (χ2n) is 4.80. The molecule has 3 rings (SSSR count). The van der Waals surface area contributed by atoms with Crippen LogP contribution < -0.4 is 5.32 Å². The Morgan fingerprint density at radius 1 is 1.26 bits per heavy atom. The van der Waals surface area contributed by atoms with E-state index in [0.717, 1.165) is 34.8 Å². The molecule has 0 amide bonds. The number of benzene rings is 1. The molecule has 0 radical (unpaired) electrons. The number of hydrogen-bond acceptors (Lipinski definition) is 3. The Morgan fingerprint density at radius 3 is 2.74 bits per heavy atom. The van der Waals surface area contributed by atoms with Crippen LogP contribution in [0.4, 0.5) is 15.9 Å². The Balaban J connectivity index is 1.87. The molecule has 0 aliphatic heterocycles. The zero-order valence-corrected chi connectivity index (χ0v) is 12.0. The number of nitrogens with zero attached hydrogens (tertiary/aromatic N) is 2. The van der Waals surface area contributed by atoms with Gasteiger partial charge in [-0.05, 0) is 59.5 Å². The van der Waals surface area contributed by atoms with E-state index in [1.165, 1.54) is 6.07 Å². The van der Waals surface area contributed by atoms with Gasteiger partial charge >= 0.3 is 0 Å². The van der Waals surface area contributed by atoms with Crippen LogP contribution >= 0.6 is 15.9 Å². The van der Waals surface area contributed by atoms with Crippen molar-refractivity contribution in [1.29, 1.82) is 0 Å². The van der Waals surface area contributed by atoms with Crippen LogP contribution in [0, 0.1) is 12.7 Å². The van der Waals surface area contributed by atoms with Gasteiger partial charge in [0.2, 0.25) is 0 Å². The molecule has 3 nitrogen and oxygen atoms in total. The van der Waals surface area contributed by atoms with Crippen molar-refractivity contribution in [3.05, 3.63) is 46.1 Å². The van der Waals surface area contributed by atoms with Gasteiger partial charge < -0.3 is 5.32 Å². The van der Waals surface area contributed by atoms with E-state index in [1.807, 2.05) is 6.07 Å². The SMILES string of the molecule is Cc1cc(Nc2cc(Br)nc(C3CC3)n2)ccc1F. The highest BCUT2D eigenvalue weighted by Crippen LogP contribution is 2.39. The largest absolute Gasteiger partial charge is 0.340 e. The number of aryl methyl sites for hydroxylation is 1. The first-order chi connectivity index (χ1) is 9.11. The molecule has 0 atom stereocenters. The summed E-state index contributed by atoms with van der Waals surface area (Å²) in [7, 11) is 0. The summed E-state index contributed by atoms with van der Waals surface area (Å²) in [5.74, 6) is 1.89. The minimum atomic E-state index is -0.201. The maximum atomic E-state index is 13.2. The van der Waals surface area contributed by atoms with Crippen molar-refractivity contribution < 1.29 is 4.39 Å². The molecule has 2 aromatic rings. The highest BCUT2D eigenvalue weighted by atomic mass is 79.9. The Hall–Kier alpha value is -1.49.